The van der Waals surface area contributed by atoms with Gasteiger partial charge in [-0.15, -0.1) is 0 Å². The molecule has 0 N–H and O–H groups in total. The van der Waals surface area contributed by atoms with Crippen LogP contribution >= 0.6 is 0 Å². The number of carbonyl (C=O) groups is 1. The third-order valence-electron chi connectivity index (χ3n) is 4.69. The Morgan fingerprint density at radius 1 is 1.27 bits per heavy atom. The van der Waals surface area contributed by atoms with Gasteiger partial charge in [-0.3, -0.25) is 4.79 Å². The summed E-state index contributed by atoms with van der Waals surface area (Å²) >= 11 is 0. The minimum Gasteiger partial charge on any atom is -0.497 e. The van der Waals surface area contributed by atoms with Crippen molar-refractivity contribution in [2.75, 3.05) is 13.7 Å². The highest BCUT2D eigenvalue weighted by Crippen LogP contribution is 2.45. The third kappa shape index (κ3) is 3.41. The van der Waals surface area contributed by atoms with Gasteiger partial charge in [-0.2, -0.15) is 5.26 Å². The Bertz CT molecular complexity index is 538. The fourth-order valence-corrected chi connectivity index (χ4v) is 3.46. The Labute approximate surface area is 132 Å². The molecule has 2 rings (SSSR count). The van der Waals surface area contributed by atoms with E-state index in [9.17, 15) is 10.1 Å². The van der Waals surface area contributed by atoms with Gasteiger partial charge in [-0.1, -0.05) is 31.4 Å². The molecule has 118 valence electrons. The van der Waals surface area contributed by atoms with Gasteiger partial charge in [-0.05, 0) is 30.5 Å². The van der Waals surface area contributed by atoms with Crippen LogP contribution in [0.25, 0.3) is 0 Å². The number of methoxy groups -OCH3 is 1. The summed E-state index contributed by atoms with van der Waals surface area (Å²) in [5.74, 6) is 0.161. The van der Waals surface area contributed by atoms with Crippen molar-refractivity contribution in [1.82, 2.24) is 0 Å². The molecule has 1 atom stereocenters. The van der Waals surface area contributed by atoms with Crippen molar-refractivity contribution in [1.29, 1.82) is 5.26 Å². The van der Waals surface area contributed by atoms with Gasteiger partial charge in [-0.25, -0.2) is 0 Å². The van der Waals surface area contributed by atoms with Crippen LogP contribution in [0.4, 0.5) is 0 Å². The molecule has 1 aromatic rings. The van der Waals surface area contributed by atoms with Crippen LogP contribution in [-0.4, -0.2) is 19.7 Å². The van der Waals surface area contributed by atoms with Gasteiger partial charge in [0.25, 0.3) is 0 Å². The molecule has 4 nitrogen and oxygen atoms in total. The van der Waals surface area contributed by atoms with Crippen molar-refractivity contribution in [3.05, 3.63) is 29.8 Å². The Balaban J connectivity index is 2.33. The van der Waals surface area contributed by atoms with Crippen molar-refractivity contribution in [3.63, 3.8) is 0 Å². The molecule has 1 aromatic carbocycles. The molecular weight excluding hydrogens is 278 g/mol. The minimum atomic E-state index is -0.332. The van der Waals surface area contributed by atoms with Crippen LogP contribution in [0.1, 0.15) is 44.6 Å². The standard InChI is InChI=1S/C18H23NO3/c1-14(20)22-13-16(12-19)18(10-4-3-5-11-18)15-6-8-17(21-2)9-7-15/h6-9,16H,3-5,10-11,13H2,1-2H3. The quantitative estimate of drug-likeness (QED) is 0.780. The number of benzene rings is 1. The summed E-state index contributed by atoms with van der Waals surface area (Å²) < 4.78 is 10.4. The zero-order valence-electron chi connectivity index (χ0n) is 13.3. The first-order chi connectivity index (χ1) is 10.6. The van der Waals surface area contributed by atoms with Crippen LogP contribution < -0.4 is 4.74 Å². The summed E-state index contributed by atoms with van der Waals surface area (Å²) in [6.45, 7) is 1.55. The molecule has 0 spiro atoms. The summed E-state index contributed by atoms with van der Waals surface area (Å²) in [7, 11) is 1.64. The maximum absolute atomic E-state index is 11.1. The highest BCUT2D eigenvalue weighted by Gasteiger charge is 2.42. The van der Waals surface area contributed by atoms with Crippen molar-refractivity contribution in [2.45, 2.75) is 44.4 Å². The van der Waals surface area contributed by atoms with E-state index < -0.39 is 0 Å². The Morgan fingerprint density at radius 3 is 2.41 bits per heavy atom. The van der Waals surface area contributed by atoms with E-state index in [0.717, 1.165) is 37.0 Å². The van der Waals surface area contributed by atoms with E-state index in [1.807, 2.05) is 24.3 Å². The molecular formula is C18H23NO3. The number of hydrogen-bond acceptors (Lipinski definition) is 4. The molecule has 22 heavy (non-hydrogen) atoms. The van der Waals surface area contributed by atoms with Crippen LogP contribution in [0.3, 0.4) is 0 Å². The lowest BCUT2D eigenvalue weighted by atomic mass is 9.62. The van der Waals surface area contributed by atoms with Crippen LogP contribution in [0, 0.1) is 17.2 Å². The summed E-state index contributed by atoms with van der Waals surface area (Å²) in [5, 5.41) is 9.65. The first-order valence-electron chi connectivity index (χ1n) is 7.80. The van der Waals surface area contributed by atoms with Crippen LogP contribution in [0.2, 0.25) is 0 Å². The Kier molecular flexibility index (Phi) is 5.43. The lowest BCUT2D eigenvalue weighted by Crippen LogP contribution is -2.39. The van der Waals surface area contributed by atoms with Crippen molar-refractivity contribution >= 4 is 5.97 Å². The van der Waals surface area contributed by atoms with Crippen molar-refractivity contribution < 1.29 is 14.3 Å². The van der Waals surface area contributed by atoms with Crippen LogP contribution in [-0.2, 0) is 14.9 Å². The number of nitrogens with zero attached hydrogens (tertiary/aromatic N) is 1. The van der Waals surface area contributed by atoms with Crippen LogP contribution in [0.5, 0.6) is 5.75 Å². The van der Waals surface area contributed by atoms with Gasteiger partial charge in [0.1, 0.15) is 12.4 Å². The van der Waals surface area contributed by atoms with Gasteiger partial charge in [0.05, 0.1) is 19.1 Å². The summed E-state index contributed by atoms with van der Waals surface area (Å²) in [5.41, 5.74) is 0.918. The zero-order chi connectivity index (χ0) is 16.0. The highest BCUT2D eigenvalue weighted by atomic mass is 16.5. The SMILES string of the molecule is COc1ccc(C2(C(C#N)COC(C)=O)CCCCC2)cc1. The van der Waals surface area contributed by atoms with Crippen molar-refractivity contribution in [3.8, 4) is 11.8 Å². The van der Waals surface area contributed by atoms with E-state index in [0.29, 0.717) is 0 Å². The predicted octanol–water partition coefficient (Wildman–Crippen LogP) is 3.60. The van der Waals surface area contributed by atoms with E-state index in [1.165, 1.54) is 13.3 Å². The molecule has 0 radical (unpaired) electrons. The molecule has 1 aliphatic carbocycles. The van der Waals surface area contributed by atoms with E-state index >= 15 is 0 Å². The average molecular weight is 301 g/mol. The molecule has 0 bridgehead atoms. The van der Waals surface area contributed by atoms with E-state index in [4.69, 9.17) is 9.47 Å². The topological polar surface area (TPSA) is 59.3 Å². The summed E-state index contributed by atoms with van der Waals surface area (Å²) in [4.78, 5) is 11.1. The molecule has 4 heteroatoms. The van der Waals surface area contributed by atoms with Gasteiger partial charge in [0, 0.05) is 12.3 Å². The van der Waals surface area contributed by atoms with Gasteiger partial charge >= 0.3 is 5.97 Å². The fourth-order valence-electron chi connectivity index (χ4n) is 3.46. The maximum atomic E-state index is 11.1. The Morgan fingerprint density at radius 2 is 1.91 bits per heavy atom. The lowest BCUT2D eigenvalue weighted by Gasteiger charge is -2.41. The molecule has 1 unspecified atom stereocenters. The van der Waals surface area contributed by atoms with Gasteiger partial charge in [0.15, 0.2) is 0 Å². The molecule has 0 heterocycles. The number of carbonyl (C=O) groups excluding carboxylic acids is 1. The molecule has 0 aromatic heterocycles. The Hall–Kier alpha value is -2.02. The minimum absolute atomic E-state index is 0.165. The first-order valence-corrected chi connectivity index (χ1v) is 7.80. The van der Waals surface area contributed by atoms with Crippen molar-refractivity contribution in [2.24, 2.45) is 5.92 Å². The molecule has 0 amide bonds. The molecule has 0 aliphatic heterocycles. The second-order valence-corrected chi connectivity index (χ2v) is 5.93. The number of rotatable bonds is 5. The molecule has 1 saturated carbocycles. The second kappa shape index (κ2) is 7.31. The number of hydrogen-bond donors (Lipinski definition) is 0. The van der Waals surface area contributed by atoms with Crippen LogP contribution in [0.15, 0.2) is 24.3 Å². The summed E-state index contributed by atoms with van der Waals surface area (Å²) in [6.07, 6.45) is 5.32. The fraction of sp³-hybridized carbons (Fsp3) is 0.556. The maximum Gasteiger partial charge on any atom is 0.302 e. The number of ether oxygens (including phenoxy) is 2. The average Bonchev–Trinajstić information content (AvgIpc) is 2.56. The lowest BCUT2D eigenvalue weighted by molar-refractivity contribution is -0.142. The zero-order valence-corrected chi connectivity index (χ0v) is 13.3. The van der Waals surface area contributed by atoms with Gasteiger partial charge in [0.2, 0.25) is 0 Å². The monoisotopic (exact) mass is 301 g/mol. The molecule has 1 fully saturated rings. The molecule has 1 aliphatic rings. The highest BCUT2D eigenvalue weighted by molar-refractivity contribution is 5.65. The first kappa shape index (κ1) is 16.4. The molecule has 0 saturated heterocycles. The predicted molar refractivity (Wildman–Crippen MR) is 83.5 cm³/mol. The number of esters is 1. The largest absolute Gasteiger partial charge is 0.497 e. The second-order valence-electron chi connectivity index (χ2n) is 5.93. The normalized spacial score (nSPS) is 18.0. The smallest absolute Gasteiger partial charge is 0.302 e. The number of nitriles is 1. The third-order valence-corrected chi connectivity index (χ3v) is 4.69. The van der Waals surface area contributed by atoms with Gasteiger partial charge < -0.3 is 9.47 Å². The summed E-state index contributed by atoms with van der Waals surface area (Å²) in [6, 6.07) is 10.3. The van der Waals surface area contributed by atoms with E-state index in [2.05, 4.69) is 6.07 Å². The van der Waals surface area contributed by atoms with E-state index in [-0.39, 0.29) is 23.9 Å². The van der Waals surface area contributed by atoms with E-state index in [1.54, 1.807) is 7.11 Å².